The maximum atomic E-state index is 5.92. The van der Waals surface area contributed by atoms with Crippen LogP contribution in [0.1, 0.15) is 30.0 Å². The average Bonchev–Trinajstić information content (AvgIpc) is 3.10. The normalized spacial score (nSPS) is 11.6. The maximum absolute atomic E-state index is 5.92. The summed E-state index contributed by atoms with van der Waals surface area (Å²) in [5.74, 6) is 3.37. The van der Waals surface area contributed by atoms with Crippen LogP contribution < -0.4 is 0 Å². The van der Waals surface area contributed by atoms with Crippen molar-refractivity contribution in [2.75, 3.05) is 5.88 Å². The molecule has 21 heavy (non-hydrogen) atoms. The number of aromatic nitrogens is 4. The van der Waals surface area contributed by atoms with E-state index < -0.39 is 0 Å². The molecule has 0 saturated carbocycles. The molecule has 0 aromatic carbocycles. The summed E-state index contributed by atoms with van der Waals surface area (Å²) >= 11 is 5.92. The van der Waals surface area contributed by atoms with Crippen LogP contribution in [0.15, 0.2) is 16.5 Å². The number of furan rings is 1. The van der Waals surface area contributed by atoms with E-state index >= 15 is 0 Å². The van der Waals surface area contributed by atoms with Crippen LogP contribution in [0.4, 0.5) is 0 Å². The molecule has 112 valence electrons. The van der Waals surface area contributed by atoms with E-state index in [0.29, 0.717) is 12.4 Å². The fourth-order valence-corrected chi connectivity index (χ4v) is 2.83. The Balaban J connectivity index is 2.14. The summed E-state index contributed by atoms with van der Waals surface area (Å²) in [6, 6.07) is 3.98. The van der Waals surface area contributed by atoms with E-state index in [9.17, 15) is 0 Å². The van der Waals surface area contributed by atoms with Gasteiger partial charge in [-0.2, -0.15) is 5.10 Å². The molecule has 5 nitrogen and oxygen atoms in total. The van der Waals surface area contributed by atoms with Gasteiger partial charge in [-0.1, -0.05) is 0 Å². The van der Waals surface area contributed by atoms with Crippen molar-refractivity contribution in [3.05, 3.63) is 35.2 Å². The Labute approximate surface area is 128 Å². The van der Waals surface area contributed by atoms with Gasteiger partial charge in [-0.15, -0.1) is 11.6 Å². The summed E-state index contributed by atoms with van der Waals surface area (Å²) in [4.78, 5) is 4.73. The van der Waals surface area contributed by atoms with E-state index in [4.69, 9.17) is 21.0 Å². The molecule has 6 heteroatoms. The molecular weight excluding hydrogens is 288 g/mol. The molecule has 3 rings (SSSR count). The first-order valence-electron chi connectivity index (χ1n) is 7.17. The first-order chi connectivity index (χ1) is 10.1. The lowest BCUT2D eigenvalue weighted by Crippen LogP contribution is -2.10. The number of hydrogen-bond acceptors (Lipinski definition) is 3. The Morgan fingerprint density at radius 1 is 1.29 bits per heavy atom. The first kappa shape index (κ1) is 14.2. The Morgan fingerprint density at radius 2 is 2.10 bits per heavy atom. The van der Waals surface area contributed by atoms with Gasteiger partial charge in [0.2, 0.25) is 0 Å². The van der Waals surface area contributed by atoms with Crippen LogP contribution in [-0.2, 0) is 19.5 Å². The van der Waals surface area contributed by atoms with E-state index in [1.54, 1.807) is 0 Å². The molecule has 0 radical (unpaired) electrons. The molecular formula is C15H19ClN4O. The Hall–Kier alpha value is -1.75. The van der Waals surface area contributed by atoms with Crippen LogP contribution in [0.5, 0.6) is 0 Å². The van der Waals surface area contributed by atoms with Gasteiger partial charge in [0, 0.05) is 18.8 Å². The zero-order chi connectivity index (χ0) is 15.0. The van der Waals surface area contributed by atoms with Crippen molar-refractivity contribution in [3.8, 4) is 0 Å². The molecule has 0 aliphatic heterocycles. The topological polar surface area (TPSA) is 48.8 Å². The van der Waals surface area contributed by atoms with E-state index in [0.717, 1.165) is 47.2 Å². The molecule has 0 atom stereocenters. The van der Waals surface area contributed by atoms with Gasteiger partial charge in [0.1, 0.15) is 22.9 Å². The number of alkyl halides is 1. The van der Waals surface area contributed by atoms with Crippen LogP contribution in [0.3, 0.4) is 0 Å². The molecule has 0 unspecified atom stereocenters. The van der Waals surface area contributed by atoms with Gasteiger partial charge in [-0.05, 0) is 32.9 Å². The van der Waals surface area contributed by atoms with Crippen LogP contribution in [0, 0.1) is 13.8 Å². The number of hydrogen-bond donors (Lipinski definition) is 0. The monoisotopic (exact) mass is 306 g/mol. The predicted octanol–water partition coefficient (Wildman–Crippen LogP) is 3.29. The molecule has 0 N–H and O–H groups in total. The van der Waals surface area contributed by atoms with Gasteiger partial charge in [0.05, 0.1) is 12.2 Å². The Morgan fingerprint density at radius 3 is 2.71 bits per heavy atom. The second kappa shape index (κ2) is 5.56. The van der Waals surface area contributed by atoms with E-state index in [2.05, 4.69) is 16.6 Å². The van der Waals surface area contributed by atoms with Crippen molar-refractivity contribution in [2.24, 2.45) is 0 Å². The van der Waals surface area contributed by atoms with Gasteiger partial charge in [0.15, 0.2) is 5.65 Å². The van der Waals surface area contributed by atoms with Gasteiger partial charge >= 0.3 is 0 Å². The lowest BCUT2D eigenvalue weighted by molar-refractivity contribution is 0.466. The summed E-state index contributed by atoms with van der Waals surface area (Å²) in [6.45, 7) is 7.50. The summed E-state index contributed by atoms with van der Waals surface area (Å²) in [5.41, 5.74) is 2.96. The van der Waals surface area contributed by atoms with Gasteiger partial charge in [0.25, 0.3) is 0 Å². The molecule has 0 spiro atoms. The lowest BCUT2D eigenvalue weighted by Gasteiger charge is -2.08. The minimum absolute atomic E-state index is 0.551. The first-order valence-corrected chi connectivity index (χ1v) is 7.71. The van der Waals surface area contributed by atoms with Crippen LogP contribution in [0.25, 0.3) is 11.2 Å². The molecule has 0 saturated heterocycles. The number of aryl methyl sites for hydroxylation is 4. The lowest BCUT2D eigenvalue weighted by atomic mass is 10.4. The number of rotatable bonds is 5. The largest absolute Gasteiger partial charge is 0.464 e. The standard InChI is InChI=1S/C15H19ClN4O/c1-4-20-15-14(11(3)18-20)17-13(7-8-16)19(15)9-12-6-5-10(2)21-12/h5-6H,4,7-9H2,1-3H3. The third kappa shape index (κ3) is 2.46. The fraction of sp³-hybridized carbons (Fsp3) is 0.467. The number of imidazole rings is 1. The van der Waals surface area contributed by atoms with Gasteiger partial charge < -0.3 is 8.98 Å². The molecule has 0 aliphatic carbocycles. The summed E-state index contributed by atoms with van der Waals surface area (Å²) < 4.78 is 9.87. The minimum Gasteiger partial charge on any atom is -0.464 e. The molecule has 0 bridgehead atoms. The second-order valence-electron chi connectivity index (χ2n) is 5.14. The molecule has 3 aromatic rings. The smallest absolute Gasteiger partial charge is 0.159 e. The van der Waals surface area contributed by atoms with Gasteiger partial charge in [-0.3, -0.25) is 0 Å². The van der Waals surface area contributed by atoms with Gasteiger partial charge in [-0.25, -0.2) is 9.67 Å². The molecule has 0 amide bonds. The number of fused-ring (bicyclic) bond motifs is 1. The van der Waals surface area contributed by atoms with E-state index in [-0.39, 0.29) is 0 Å². The zero-order valence-electron chi connectivity index (χ0n) is 12.6. The zero-order valence-corrected chi connectivity index (χ0v) is 13.3. The highest BCUT2D eigenvalue weighted by Gasteiger charge is 2.18. The molecule has 0 aliphatic rings. The maximum Gasteiger partial charge on any atom is 0.159 e. The predicted molar refractivity (Wildman–Crippen MR) is 82.9 cm³/mol. The van der Waals surface area contributed by atoms with Crippen molar-refractivity contribution in [1.29, 1.82) is 0 Å². The average molecular weight is 307 g/mol. The van der Waals surface area contributed by atoms with Crippen LogP contribution >= 0.6 is 11.6 Å². The summed E-state index contributed by atoms with van der Waals surface area (Å²) in [5, 5.41) is 4.55. The quantitative estimate of drug-likeness (QED) is 0.680. The summed E-state index contributed by atoms with van der Waals surface area (Å²) in [7, 11) is 0. The highest BCUT2D eigenvalue weighted by atomic mass is 35.5. The SMILES string of the molecule is CCn1nc(C)c2nc(CCCl)n(Cc3ccc(C)o3)c21. The van der Waals surface area contributed by atoms with E-state index in [1.807, 2.05) is 30.7 Å². The third-order valence-electron chi connectivity index (χ3n) is 3.61. The van der Waals surface area contributed by atoms with Crippen molar-refractivity contribution < 1.29 is 4.42 Å². The molecule has 0 fully saturated rings. The van der Waals surface area contributed by atoms with Crippen LogP contribution in [-0.4, -0.2) is 25.2 Å². The van der Waals surface area contributed by atoms with E-state index in [1.165, 1.54) is 0 Å². The third-order valence-corrected chi connectivity index (χ3v) is 3.79. The fourth-order valence-electron chi connectivity index (χ4n) is 2.66. The number of halogens is 1. The van der Waals surface area contributed by atoms with Crippen molar-refractivity contribution in [1.82, 2.24) is 19.3 Å². The van der Waals surface area contributed by atoms with Crippen molar-refractivity contribution in [2.45, 2.75) is 40.3 Å². The Kier molecular flexibility index (Phi) is 3.76. The minimum atomic E-state index is 0.551. The highest BCUT2D eigenvalue weighted by Crippen LogP contribution is 2.22. The van der Waals surface area contributed by atoms with Crippen molar-refractivity contribution >= 4 is 22.8 Å². The molecule has 3 heterocycles. The second-order valence-corrected chi connectivity index (χ2v) is 5.52. The van der Waals surface area contributed by atoms with Crippen LogP contribution in [0.2, 0.25) is 0 Å². The summed E-state index contributed by atoms with van der Waals surface area (Å²) in [6.07, 6.45) is 0.735. The molecule has 3 aromatic heterocycles. The number of nitrogens with zero attached hydrogens (tertiary/aromatic N) is 4. The Bertz CT molecular complexity index is 768. The highest BCUT2D eigenvalue weighted by molar-refractivity contribution is 6.17. The van der Waals surface area contributed by atoms with Crippen molar-refractivity contribution in [3.63, 3.8) is 0 Å².